The largest absolute Gasteiger partial charge is 0.503 e. The average Bonchev–Trinajstić information content (AvgIpc) is 2.93. The number of hydrogen-bond donors (Lipinski definition) is 0. The van der Waals surface area contributed by atoms with E-state index < -0.39 is 5.97 Å². The Balaban J connectivity index is 1.81. The second-order valence-electron chi connectivity index (χ2n) is 7.91. The molecule has 0 amide bonds. The van der Waals surface area contributed by atoms with Crippen molar-refractivity contribution >= 4 is 17.3 Å². The number of carbonyl (C=O) groups excluding carboxylic acids is 1. The number of esters is 1. The van der Waals surface area contributed by atoms with E-state index >= 15 is 0 Å². The fraction of sp³-hybridized carbons (Fsp3) is 0.241. The van der Waals surface area contributed by atoms with E-state index in [0.29, 0.717) is 28.3 Å². The monoisotopic (exact) mass is 489 g/mol. The Hall–Kier alpha value is -4.26. The molecule has 0 bridgehead atoms. The molecular weight excluding hydrogens is 458 g/mol. The lowest BCUT2D eigenvalue weighted by atomic mass is 10.0. The van der Waals surface area contributed by atoms with Gasteiger partial charge in [-0.2, -0.15) is 0 Å². The zero-order chi connectivity index (χ0) is 25.9. The van der Waals surface area contributed by atoms with Gasteiger partial charge < -0.3 is 23.8 Å². The normalized spacial score (nSPS) is 12.5. The summed E-state index contributed by atoms with van der Waals surface area (Å²) in [6.45, 7) is 4.01. The molecule has 7 nitrogen and oxygen atoms in total. The maximum atomic E-state index is 12.3. The second-order valence-corrected chi connectivity index (χ2v) is 7.91. The minimum atomic E-state index is -0.500. The third-order valence-corrected chi connectivity index (χ3v) is 5.53. The van der Waals surface area contributed by atoms with Gasteiger partial charge in [-0.1, -0.05) is 59.8 Å². The van der Waals surface area contributed by atoms with Crippen molar-refractivity contribution in [2.24, 2.45) is 5.16 Å². The highest BCUT2D eigenvalue weighted by atomic mass is 16.6. The van der Waals surface area contributed by atoms with Gasteiger partial charge in [-0.05, 0) is 48.7 Å². The van der Waals surface area contributed by atoms with Crippen molar-refractivity contribution < 1.29 is 28.6 Å². The number of hydrogen-bond acceptors (Lipinski definition) is 7. The molecule has 0 N–H and O–H groups in total. The lowest BCUT2D eigenvalue weighted by molar-refractivity contribution is -0.133. The molecule has 0 aliphatic heterocycles. The zero-order valence-corrected chi connectivity index (χ0v) is 21.2. The number of benzene rings is 3. The van der Waals surface area contributed by atoms with E-state index in [1.165, 1.54) is 20.5 Å². The van der Waals surface area contributed by atoms with Gasteiger partial charge in [0.2, 0.25) is 0 Å². The fourth-order valence-corrected chi connectivity index (χ4v) is 3.52. The first-order valence-corrected chi connectivity index (χ1v) is 11.4. The highest BCUT2D eigenvalue weighted by Crippen LogP contribution is 2.30. The van der Waals surface area contributed by atoms with Gasteiger partial charge in [0.05, 0.1) is 33.3 Å². The van der Waals surface area contributed by atoms with Gasteiger partial charge in [0, 0.05) is 5.56 Å². The summed E-state index contributed by atoms with van der Waals surface area (Å²) in [5.41, 5.74) is 4.30. The van der Waals surface area contributed by atoms with Crippen LogP contribution in [0.5, 0.6) is 11.5 Å². The van der Waals surface area contributed by atoms with Crippen LogP contribution in [0.4, 0.5) is 0 Å². The SMILES string of the molecule is COC=C(C(=O)OC)c1ccccc1COc1cc(C(C)=NOC(C)c2ccccc2)ccc1OC. The Bertz CT molecular complexity index is 1220. The van der Waals surface area contributed by atoms with Gasteiger partial charge in [-0.15, -0.1) is 0 Å². The summed E-state index contributed by atoms with van der Waals surface area (Å²) >= 11 is 0. The summed E-state index contributed by atoms with van der Waals surface area (Å²) in [5, 5.41) is 4.32. The summed E-state index contributed by atoms with van der Waals surface area (Å²) in [5.74, 6) is 0.606. The van der Waals surface area contributed by atoms with Crippen LogP contribution in [0.1, 0.15) is 42.2 Å². The first kappa shape index (κ1) is 26.3. The van der Waals surface area contributed by atoms with Crippen LogP contribution >= 0.6 is 0 Å². The van der Waals surface area contributed by atoms with Crippen LogP contribution in [-0.2, 0) is 25.7 Å². The van der Waals surface area contributed by atoms with Crippen LogP contribution in [0.2, 0.25) is 0 Å². The molecule has 1 atom stereocenters. The molecular formula is C29H31NO6. The van der Waals surface area contributed by atoms with Crippen LogP contribution in [0.25, 0.3) is 5.57 Å². The molecule has 36 heavy (non-hydrogen) atoms. The number of oxime groups is 1. The molecule has 0 aliphatic carbocycles. The molecule has 0 saturated carbocycles. The van der Waals surface area contributed by atoms with Gasteiger partial charge in [0.15, 0.2) is 11.5 Å². The van der Waals surface area contributed by atoms with Crippen LogP contribution in [0, 0.1) is 0 Å². The minimum Gasteiger partial charge on any atom is -0.503 e. The van der Waals surface area contributed by atoms with Gasteiger partial charge in [-0.3, -0.25) is 0 Å². The Morgan fingerprint density at radius 3 is 2.36 bits per heavy atom. The molecule has 188 valence electrons. The van der Waals surface area contributed by atoms with Gasteiger partial charge >= 0.3 is 5.97 Å². The minimum absolute atomic E-state index is 0.184. The second kappa shape index (κ2) is 13.0. The van der Waals surface area contributed by atoms with Crippen LogP contribution < -0.4 is 9.47 Å². The fourth-order valence-electron chi connectivity index (χ4n) is 3.52. The number of nitrogens with zero attached hydrogens (tertiary/aromatic N) is 1. The standard InChI is InChI=1S/C29H31NO6/c1-20(30-36-21(2)22-11-7-6-8-12-22)23-15-16-27(33-4)28(17-23)35-18-24-13-9-10-14-25(24)26(19-32-3)29(31)34-5/h6-17,19,21H,18H2,1-5H3. The Morgan fingerprint density at radius 1 is 0.944 bits per heavy atom. The highest BCUT2D eigenvalue weighted by Gasteiger charge is 2.18. The predicted octanol–water partition coefficient (Wildman–Crippen LogP) is 5.94. The van der Waals surface area contributed by atoms with Crippen molar-refractivity contribution in [3.63, 3.8) is 0 Å². The molecule has 3 aromatic carbocycles. The third kappa shape index (κ3) is 6.66. The molecule has 1 unspecified atom stereocenters. The van der Waals surface area contributed by atoms with Crippen LogP contribution in [0.15, 0.2) is 84.2 Å². The number of ether oxygens (including phenoxy) is 4. The quantitative estimate of drug-likeness (QED) is 0.109. The molecule has 0 fully saturated rings. The van der Waals surface area contributed by atoms with Crippen molar-refractivity contribution in [1.82, 2.24) is 0 Å². The zero-order valence-electron chi connectivity index (χ0n) is 21.2. The molecule has 0 spiro atoms. The highest BCUT2D eigenvalue weighted by molar-refractivity contribution is 6.16. The average molecular weight is 490 g/mol. The Labute approximate surface area is 211 Å². The van der Waals surface area contributed by atoms with Crippen molar-refractivity contribution in [3.8, 4) is 11.5 Å². The van der Waals surface area contributed by atoms with E-state index in [-0.39, 0.29) is 12.7 Å². The summed E-state index contributed by atoms with van der Waals surface area (Å²) < 4.78 is 21.6. The van der Waals surface area contributed by atoms with E-state index in [0.717, 1.165) is 16.7 Å². The first-order chi connectivity index (χ1) is 17.5. The third-order valence-electron chi connectivity index (χ3n) is 5.53. The van der Waals surface area contributed by atoms with Crippen molar-refractivity contribution in [2.75, 3.05) is 21.3 Å². The molecule has 0 heterocycles. The summed E-state index contributed by atoms with van der Waals surface area (Å²) in [6.07, 6.45) is 1.18. The topological polar surface area (TPSA) is 75.6 Å². The summed E-state index contributed by atoms with van der Waals surface area (Å²) in [4.78, 5) is 18.0. The van der Waals surface area contributed by atoms with Crippen molar-refractivity contribution in [3.05, 3.63) is 101 Å². The molecule has 0 saturated heterocycles. The Kier molecular flexibility index (Phi) is 9.51. The number of carbonyl (C=O) groups is 1. The van der Waals surface area contributed by atoms with E-state index in [2.05, 4.69) is 5.16 Å². The Morgan fingerprint density at radius 2 is 1.67 bits per heavy atom. The van der Waals surface area contributed by atoms with E-state index in [1.807, 2.05) is 86.6 Å². The van der Waals surface area contributed by atoms with Crippen molar-refractivity contribution in [2.45, 2.75) is 26.6 Å². The lowest BCUT2D eigenvalue weighted by Crippen LogP contribution is -2.08. The van der Waals surface area contributed by atoms with E-state index in [4.69, 9.17) is 23.8 Å². The maximum Gasteiger partial charge on any atom is 0.341 e. The van der Waals surface area contributed by atoms with E-state index in [1.54, 1.807) is 7.11 Å². The van der Waals surface area contributed by atoms with Crippen molar-refractivity contribution in [1.29, 1.82) is 0 Å². The molecule has 0 radical (unpaired) electrons. The maximum absolute atomic E-state index is 12.3. The molecule has 7 heteroatoms. The van der Waals surface area contributed by atoms with Gasteiger partial charge in [-0.25, -0.2) is 4.79 Å². The smallest absolute Gasteiger partial charge is 0.341 e. The van der Waals surface area contributed by atoms with Crippen LogP contribution in [0.3, 0.4) is 0 Å². The van der Waals surface area contributed by atoms with E-state index in [9.17, 15) is 4.79 Å². The molecule has 0 aromatic heterocycles. The van der Waals surface area contributed by atoms with Gasteiger partial charge in [0.25, 0.3) is 0 Å². The van der Waals surface area contributed by atoms with Crippen LogP contribution in [-0.4, -0.2) is 33.0 Å². The molecule has 0 aliphatic rings. The number of methoxy groups -OCH3 is 3. The summed E-state index contributed by atoms with van der Waals surface area (Å²) in [6, 6.07) is 22.9. The molecule has 3 aromatic rings. The first-order valence-electron chi connectivity index (χ1n) is 11.4. The van der Waals surface area contributed by atoms with Gasteiger partial charge in [0.1, 0.15) is 18.3 Å². The summed E-state index contributed by atoms with van der Waals surface area (Å²) in [7, 11) is 4.39. The molecule has 3 rings (SSSR count). The lowest BCUT2D eigenvalue weighted by Gasteiger charge is -2.15. The predicted molar refractivity (Wildman–Crippen MR) is 139 cm³/mol. The number of rotatable bonds is 11.